The van der Waals surface area contributed by atoms with E-state index in [4.69, 9.17) is 21.1 Å². The monoisotopic (exact) mass is 449 g/mol. The Morgan fingerprint density at radius 2 is 1.67 bits per heavy atom. The summed E-state index contributed by atoms with van der Waals surface area (Å²) in [4.78, 5) is 0. The van der Waals surface area contributed by atoms with Gasteiger partial charge in [-0.3, -0.25) is 0 Å². The summed E-state index contributed by atoms with van der Waals surface area (Å²) in [5, 5.41) is 3.88. The molecule has 0 atom stereocenters. The molecule has 3 aromatic rings. The van der Waals surface area contributed by atoms with Gasteiger partial charge in [0.05, 0.1) is 11.6 Å². The zero-order valence-corrected chi connectivity index (χ0v) is 18.4. The highest BCUT2D eigenvalue weighted by Crippen LogP contribution is 2.37. The Kier molecular flexibility index (Phi) is 9.95. The maximum Gasteiger partial charge on any atom is 0.180 e. The van der Waals surface area contributed by atoms with Crippen LogP contribution in [0.15, 0.2) is 66.7 Å². The van der Waals surface area contributed by atoms with Gasteiger partial charge in [-0.15, -0.1) is 12.4 Å². The number of hydrogen-bond acceptors (Lipinski definition) is 3. The second-order valence-corrected chi connectivity index (χ2v) is 7.04. The molecule has 0 spiro atoms. The molecule has 0 aliphatic rings. The first-order valence-electron chi connectivity index (χ1n) is 9.73. The van der Waals surface area contributed by atoms with Gasteiger partial charge in [0.1, 0.15) is 12.4 Å². The minimum absolute atomic E-state index is 0. The van der Waals surface area contributed by atoms with Crippen molar-refractivity contribution in [2.75, 3.05) is 13.2 Å². The van der Waals surface area contributed by atoms with E-state index in [1.54, 1.807) is 18.2 Å². The Morgan fingerprint density at radius 3 is 2.40 bits per heavy atom. The summed E-state index contributed by atoms with van der Waals surface area (Å²) in [5.74, 6) is 0.696. The second-order valence-electron chi connectivity index (χ2n) is 6.63. The predicted octanol–water partition coefficient (Wildman–Crippen LogP) is 6.21. The van der Waals surface area contributed by atoms with Gasteiger partial charge in [0.2, 0.25) is 0 Å². The Balaban J connectivity index is 0.00000320. The van der Waals surface area contributed by atoms with Crippen LogP contribution in [0, 0.1) is 5.82 Å². The standard InChI is InChI=1S/C24H25ClFNO2.ClH/c1-2-28-23-15-19(16-27-13-12-18-8-4-3-5-9-18)14-21(25)24(23)29-17-20-10-6-7-11-22(20)26;/h3-11,14-15,27H,2,12-13,16-17H2,1H3;1H. The zero-order chi connectivity index (χ0) is 20.5. The summed E-state index contributed by atoms with van der Waals surface area (Å²) in [6.07, 6.45) is 0.955. The lowest BCUT2D eigenvalue weighted by Gasteiger charge is -2.16. The molecule has 0 radical (unpaired) electrons. The van der Waals surface area contributed by atoms with Gasteiger partial charge in [-0.1, -0.05) is 60.1 Å². The number of benzene rings is 3. The van der Waals surface area contributed by atoms with Crippen LogP contribution in [0.5, 0.6) is 11.5 Å². The first kappa shape index (κ1) is 24.0. The van der Waals surface area contributed by atoms with Gasteiger partial charge in [-0.2, -0.15) is 0 Å². The average molecular weight is 450 g/mol. The molecular formula is C24H26Cl2FNO2. The molecule has 0 amide bonds. The lowest BCUT2D eigenvalue weighted by Crippen LogP contribution is -2.16. The maximum absolute atomic E-state index is 13.8. The van der Waals surface area contributed by atoms with Crippen molar-refractivity contribution in [1.29, 1.82) is 0 Å². The second kappa shape index (κ2) is 12.4. The molecule has 30 heavy (non-hydrogen) atoms. The van der Waals surface area contributed by atoms with E-state index in [-0.39, 0.29) is 24.8 Å². The highest BCUT2D eigenvalue weighted by atomic mass is 35.5. The number of halogens is 3. The van der Waals surface area contributed by atoms with E-state index >= 15 is 0 Å². The molecule has 1 N–H and O–H groups in total. The third-order valence-electron chi connectivity index (χ3n) is 4.46. The topological polar surface area (TPSA) is 30.5 Å². The van der Waals surface area contributed by atoms with Crippen LogP contribution >= 0.6 is 24.0 Å². The molecule has 0 fully saturated rings. The lowest BCUT2D eigenvalue weighted by atomic mass is 10.1. The predicted molar refractivity (Wildman–Crippen MR) is 122 cm³/mol. The van der Waals surface area contributed by atoms with E-state index in [1.165, 1.54) is 11.6 Å². The molecule has 0 bridgehead atoms. The Labute approximate surface area is 188 Å². The van der Waals surface area contributed by atoms with E-state index in [1.807, 2.05) is 37.3 Å². The Hall–Kier alpha value is -2.27. The molecule has 0 saturated heterocycles. The minimum Gasteiger partial charge on any atom is -0.490 e. The molecule has 0 aromatic heterocycles. The molecule has 3 aromatic carbocycles. The lowest BCUT2D eigenvalue weighted by molar-refractivity contribution is 0.266. The third-order valence-corrected chi connectivity index (χ3v) is 4.74. The van der Waals surface area contributed by atoms with Gasteiger partial charge >= 0.3 is 0 Å². The van der Waals surface area contributed by atoms with Gasteiger partial charge in [-0.25, -0.2) is 4.39 Å². The highest BCUT2D eigenvalue weighted by Gasteiger charge is 2.14. The Bertz CT molecular complexity index is 922. The van der Waals surface area contributed by atoms with Crippen molar-refractivity contribution in [2.45, 2.75) is 26.5 Å². The van der Waals surface area contributed by atoms with Crippen LogP contribution in [0.1, 0.15) is 23.6 Å². The fraction of sp³-hybridized carbons (Fsp3) is 0.250. The summed E-state index contributed by atoms with van der Waals surface area (Å²) in [5.41, 5.74) is 2.77. The van der Waals surface area contributed by atoms with E-state index in [0.717, 1.165) is 18.5 Å². The van der Waals surface area contributed by atoms with E-state index in [9.17, 15) is 4.39 Å². The normalized spacial score (nSPS) is 10.4. The van der Waals surface area contributed by atoms with Crippen molar-refractivity contribution in [3.63, 3.8) is 0 Å². The van der Waals surface area contributed by atoms with Crippen LogP contribution in [-0.2, 0) is 19.6 Å². The molecule has 0 aliphatic carbocycles. The number of ether oxygens (including phenoxy) is 2. The first-order chi connectivity index (χ1) is 14.2. The largest absolute Gasteiger partial charge is 0.490 e. The summed E-state index contributed by atoms with van der Waals surface area (Å²) in [6, 6.07) is 20.6. The minimum atomic E-state index is -0.305. The number of hydrogen-bond donors (Lipinski definition) is 1. The molecule has 0 unspecified atom stereocenters. The molecule has 3 rings (SSSR count). The SMILES string of the molecule is CCOc1cc(CNCCc2ccccc2)cc(Cl)c1OCc1ccccc1F.Cl. The fourth-order valence-corrected chi connectivity index (χ4v) is 3.29. The zero-order valence-electron chi connectivity index (χ0n) is 16.9. The molecule has 0 aliphatic heterocycles. The first-order valence-corrected chi connectivity index (χ1v) is 10.1. The molecule has 0 saturated carbocycles. The summed E-state index contributed by atoms with van der Waals surface area (Å²) >= 11 is 6.46. The van der Waals surface area contributed by atoms with Gasteiger partial charge < -0.3 is 14.8 Å². The number of rotatable bonds is 10. The fourth-order valence-electron chi connectivity index (χ4n) is 3.00. The summed E-state index contributed by atoms with van der Waals surface area (Å²) < 4.78 is 25.4. The van der Waals surface area contributed by atoms with Crippen LogP contribution < -0.4 is 14.8 Å². The van der Waals surface area contributed by atoms with E-state index in [0.29, 0.717) is 35.2 Å². The van der Waals surface area contributed by atoms with Crippen molar-refractivity contribution >= 4 is 24.0 Å². The van der Waals surface area contributed by atoms with Gasteiger partial charge in [0.25, 0.3) is 0 Å². The van der Waals surface area contributed by atoms with E-state index < -0.39 is 0 Å². The van der Waals surface area contributed by atoms with Gasteiger partial charge in [-0.05, 0) is 49.2 Å². The molecule has 0 heterocycles. The highest BCUT2D eigenvalue weighted by molar-refractivity contribution is 6.32. The van der Waals surface area contributed by atoms with Gasteiger partial charge in [0.15, 0.2) is 11.5 Å². The summed E-state index contributed by atoms with van der Waals surface area (Å²) in [6.45, 7) is 4.00. The molecular weight excluding hydrogens is 424 g/mol. The van der Waals surface area contributed by atoms with E-state index in [2.05, 4.69) is 17.4 Å². The summed E-state index contributed by atoms with van der Waals surface area (Å²) in [7, 11) is 0. The number of nitrogens with one attached hydrogen (secondary N) is 1. The quantitative estimate of drug-likeness (QED) is 0.373. The van der Waals surface area contributed by atoms with Crippen molar-refractivity contribution in [3.8, 4) is 11.5 Å². The Morgan fingerprint density at radius 1 is 0.933 bits per heavy atom. The molecule has 160 valence electrons. The maximum atomic E-state index is 13.8. The van der Waals surface area contributed by atoms with Crippen molar-refractivity contribution in [3.05, 3.63) is 94.3 Å². The van der Waals surface area contributed by atoms with Crippen LogP contribution in [0.25, 0.3) is 0 Å². The van der Waals surface area contributed by atoms with Crippen LogP contribution in [0.4, 0.5) is 4.39 Å². The van der Waals surface area contributed by atoms with Crippen LogP contribution in [0.2, 0.25) is 5.02 Å². The van der Waals surface area contributed by atoms with Gasteiger partial charge in [0, 0.05) is 12.1 Å². The smallest absolute Gasteiger partial charge is 0.180 e. The van der Waals surface area contributed by atoms with Crippen molar-refractivity contribution in [1.82, 2.24) is 5.32 Å². The van der Waals surface area contributed by atoms with Crippen molar-refractivity contribution in [2.24, 2.45) is 0 Å². The van der Waals surface area contributed by atoms with Crippen LogP contribution in [-0.4, -0.2) is 13.2 Å². The molecule has 6 heteroatoms. The molecule has 3 nitrogen and oxygen atoms in total. The van der Waals surface area contributed by atoms with Crippen molar-refractivity contribution < 1.29 is 13.9 Å². The third kappa shape index (κ3) is 6.91. The van der Waals surface area contributed by atoms with Crippen LogP contribution in [0.3, 0.4) is 0 Å². The average Bonchev–Trinajstić information content (AvgIpc) is 2.73.